The quantitative estimate of drug-likeness (QED) is 0.715. The third kappa shape index (κ3) is 1.52. The van der Waals surface area contributed by atoms with E-state index in [9.17, 15) is 9.59 Å². The summed E-state index contributed by atoms with van der Waals surface area (Å²) < 4.78 is 0. The first-order chi connectivity index (χ1) is 7.54. The van der Waals surface area contributed by atoms with Crippen LogP contribution < -0.4 is 5.32 Å². The predicted molar refractivity (Wildman–Crippen MR) is 53.6 cm³/mol. The highest BCUT2D eigenvalue weighted by atomic mass is 16.4. The van der Waals surface area contributed by atoms with Crippen molar-refractivity contribution in [1.29, 1.82) is 0 Å². The number of amides is 1. The van der Waals surface area contributed by atoms with Crippen LogP contribution in [0.25, 0.3) is 0 Å². The van der Waals surface area contributed by atoms with Crippen LogP contribution in [0.1, 0.15) is 19.0 Å². The summed E-state index contributed by atoms with van der Waals surface area (Å²) in [7, 11) is 0. The highest BCUT2D eigenvalue weighted by Crippen LogP contribution is 2.34. The van der Waals surface area contributed by atoms with E-state index >= 15 is 0 Å². The Bertz CT molecular complexity index is 434. The van der Waals surface area contributed by atoms with Gasteiger partial charge in [-0.3, -0.25) is 14.8 Å². The van der Waals surface area contributed by atoms with Crippen LogP contribution in [0, 0.1) is 0 Å². The Labute approximate surface area is 91.7 Å². The first-order valence-corrected chi connectivity index (χ1v) is 4.83. The molecule has 0 aliphatic carbocycles. The monoisotopic (exact) mass is 221 g/mol. The first kappa shape index (κ1) is 10.5. The highest BCUT2D eigenvalue weighted by Gasteiger charge is 2.49. The van der Waals surface area contributed by atoms with Gasteiger partial charge in [0.1, 0.15) is 6.04 Å². The number of carbonyl (C=O) groups excluding carboxylic acids is 1. The van der Waals surface area contributed by atoms with Gasteiger partial charge < -0.3 is 10.4 Å². The average molecular weight is 221 g/mol. The van der Waals surface area contributed by atoms with Crippen molar-refractivity contribution in [3.05, 3.63) is 24.3 Å². The number of nitrogens with one attached hydrogen (secondary N) is 1. The number of carboxylic acids is 1. The van der Waals surface area contributed by atoms with Gasteiger partial charge in [0.05, 0.1) is 11.1 Å². The van der Waals surface area contributed by atoms with Gasteiger partial charge in [0, 0.05) is 25.0 Å². The zero-order valence-electron chi connectivity index (χ0n) is 8.67. The second-order valence-corrected chi connectivity index (χ2v) is 4.02. The van der Waals surface area contributed by atoms with E-state index in [1.54, 1.807) is 6.92 Å². The molecule has 1 saturated heterocycles. The van der Waals surface area contributed by atoms with Crippen molar-refractivity contribution >= 4 is 11.9 Å². The fourth-order valence-electron chi connectivity index (χ4n) is 1.97. The Morgan fingerprint density at radius 1 is 1.62 bits per heavy atom. The molecule has 0 saturated carbocycles. The van der Waals surface area contributed by atoms with Crippen LogP contribution in [0.15, 0.2) is 18.6 Å². The predicted octanol–water partition coefficient (Wildman–Crippen LogP) is -0.293. The summed E-state index contributed by atoms with van der Waals surface area (Å²) in [5.41, 5.74) is -0.322. The summed E-state index contributed by atoms with van der Waals surface area (Å²) in [6.45, 7) is 1.70. The van der Waals surface area contributed by atoms with Crippen molar-refractivity contribution in [2.75, 3.05) is 0 Å². The van der Waals surface area contributed by atoms with E-state index in [1.165, 1.54) is 18.6 Å². The number of nitrogens with zero attached hydrogens (tertiary/aromatic N) is 2. The van der Waals surface area contributed by atoms with Crippen LogP contribution in [0.5, 0.6) is 0 Å². The Hall–Kier alpha value is -1.98. The molecule has 1 aliphatic rings. The lowest BCUT2D eigenvalue weighted by Gasteiger charge is -2.25. The molecule has 2 atom stereocenters. The molecule has 2 rings (SSSR count). The van der Waals surface area contributed by atoms with Crippen molar-refractivity contribution in [2.24, 2.45) is 0 Å². The molecule has 1 aliphatic heterocycles. The van der Waals surface area contributed by atoms with Crippen LogP contribution in [0.2, 0.25) is 0 Å². The molecule has 1 amide bonds. The van der Waals surface area contributed by atoms with Gasteiger partial charge in [-0.25, -0.2) is 4.79 Å². The molecular weight excluding hydrogens is 210 g/mol. The molecule has 1 fully saturated rings. The molecule has 2 N–H and O–H groups in total. The van der Waals surface area contributed by atoms with Crippen molar-refractivity contribution in [2.45, 2.75) is 24.8 Å². The van der Waals surface area contributed by atoms with Crippen LogP contribution in [-0.2, 0) is 15.0 Å². The minimum absolute atomic E-state index is 0.114. The summed E-state index contributed by atoms with van der Waals surface area (Å²) in [4.78, 5) is 30.4. The molecule has 0 radical (unpaired) electrons. The lowest BCUT2D eigenvalue weighted by Crippen LogP contribution is -2.45. The third-order valence-corrected chi connectivity index (χ3v) is 2.87. The number of carboxylic acid groups (broad SMARTS) is 1. The zero-order valence-corrected chi connectivity index (χ0v) is 8.67. The molecule has 1 aromatic rings. The molecular formula is C10H11N3O3. The minimum Gasteiger partial charge on any atom is -0.480 e. The van der Waals surface area contributed by atoms with E-state index in [-0.39, 0.29) is 12.3 Å². The number of aromatic nitrogens is 2. The number of rotatable bonds is 2. The molecule has 0 spiro atoms. The second kappa shape index (κ2) is 3.55. The van der Waals surface area contributed by atoms with Crippen LogP contribution >= 0.6 is 0 Å². The summed E-state index contributed by atoms with van der Waals surface area (Å²) in [5, 5.41) is 11.5. The van der Waals surface area contributed by atoms with Crippen LogP contribution in [-0.4, -0.2) is 33.0 Å². The van der Waals surface area contributed by atoms with E-state index in [1.807, 2.05) is 0 Å². The van der Waals surface area contributed by atoms with E-state index in [0.717, 1.165) is 0 Å². The van der Waals surface area contributed by atoms with Gasteiger partial charge in [0.15, 0.2) is 0 Å². The normalized spacial score (nSPS) is 28.8. The fraction of sp³-hybridized carbons (Fsp3) is 0.400. The Morgan fingerprint density at radius 2 is 2.38 bits per heavy atom. The Balaban J connectivity index is 2.43. The largest absolute Gasteiger partial charge is 0.480 e. The number of aliphatic carboxylic acids is 1. The smallest absolute Gasteiger partial charge is 0.327 e. The molecule has 16 heavy (non-hydrogen) atoms. The summed E-state index contributed by atoms with van der Waals surface area (Å²) >= 11 is 0. The van der Waals surface area contributed by atoms with Crippen molar-refractivity contribution in [3.63, 3.8) is 0 Å². The molecule has 0 bridgehead atoms. The number of hydrogen-bond donors (Lipinski definition) is 2. The van der Waals surface area contributed by atoms with Gasteiger partial charge in [-0.15, -0.1) is 0 Å². The number of carbonyl (C=O) groups is 2. The van der Waals surface area contributed by atoms with Gasteiger partial charge in [0.25, 0.3) is 0 Å². The average Bonchev–Trinajstić information content (AvgIpc) is 2.57. The Kier molecular flexibility index (Phi) is 2.34. The lowest BCUT2D eigenvalue weighted by molar-refractivity contribution is -0.141. The zero-order chi connectivity index (χ0) is 11.8. The van der Waals surface area contributed by atoms with Gasteiger partial charge in [-0.05, 0) is 0 Å². The SMILES string of the molecule is CC1(c2cnccn2)CC(=O)NC1C(=O)O. The van der Waals surface area contributed by atoms with Gasteiger partial charge in [-0.2, -0.15) is 0 Å². The number of hydrogen-bond acceptors (Lipinski definition) is 4. The fourth-order valence-corrected chi connectivity index (χ4v) is 1.97. The summed E-state index contributed by atoms with van der Waals surface area (Å²) in [6, 6.07) is -0.948. The molecule has 84 valence electrons. The molecule has 6 heteroatoms. The maximum absolute atomic E-state index is 11.3. The lowest BCUT2D eigenvalue weighted by atomic mass is 9.79. The minimum atomic E-state index is -1.06. The first-order valence-electron chi connectivity index (χ1n) is 4.83. The maximum atomic E-state index is 11.3. The van der Waals surface area contributed by atoms with E-state index in [0.29, 0.717) is 5.69 Å². The standard InChI is InChI=1S/C10H11N3O3/c1-10(6-5-11-2-3-12-6)4-7(14)13-8(10)9(15)16/h2-3,5,8H,4H2,1H3,(H,13,14)(H,15,16). The van der Waals surface area contributed by atoms with Gasteiger partial charge in [0.2, 0.25) is 5.91 Å². The van der Waals surface area contributed by atoms with E-state index in [4.69, 9.17) is 5.11 Å². The van der Waals surface area contributed by atoms with E-state index < -0.39 is 17.4 Å². The molecule has 0 aromatic carbocycles. The van der Waals surface area contributed by atoms with Crippen molar-refractivity contribution in [1.82, 2.24) is 15.3 Å². The van der Waals surface area contributed by atoms with Crippen molar-refractivity contribution < 1.29 is 14.7 Å². The molecule has 2 unspecified atom stereocenters. The van der Waals surface area contributed by atoms with Crippen LogP contribution in [0.3, 0.4) is 0 Å². The van der Waals surface area contributed by atoms with Gasteiger partial charge >= 0.3 is 5.97 Å². The Morgan fingerprint density at radius 3 is 2.94 bits per heavy atom. The highest BCUT2D eigenvalue weighted by molar-refractivity contribution is 5.90. The van der Waals surface area contributed by atoms with Crippen molar-refractivity contribution in [3.8, 4) is 0 Å². The van der Waals surface area contributed by atoms with E-state index in [2.05, 4.69) is 15.3 Å². The summed E-state index contributed by atoms with van der Waals surface area (Å²) in [5.74, 6) is -1.33. The molecule has 6 nitrogen and oxygen atoms in total. The topological polar surface area (TPSA) is 92.2 Å². The molecule has 2 heterocycles. The molecule has 1 aromatic heterocycles. The third-order valence-electron chi connectivity index (χ3n) is 2.87. The van der Waals surface area contributed by atoms with Gasteiger partial charge in [-0.1, -0.05) is 6.92 Å². The second-order valence-electron chi connectivity index (χ2n) is 4.02. The van der Waals surface area contributed by atoms with Crippen LogP contribution in [0.4, 0.5) is 0 Å². The summed E-state index contributed by atoms with van der Waals surface area (Å²) in [6.07, 6.45) is 4.61. The maximum Gasteiger partial charge on any atom is 0.327 e.